The third-order valence-corrected chi connectivity index (χ3v) is 5.36. The molecule has 1 saturated carbocycles. The molecule has 2 N–H and O–H groups in total. The first-order valence-corrected chi connectivity index (χ1v) is 8.03. The molecule has 6 nitrogen and oxygen atoms in total. The lowest BCUT2D eigenvalue weighted by Gasteiger charge is -2.18. The van der Waals surface area contributed by atoms with Gasteiger partial charge in [0.15, 0.2) is 0 Å². The average Bonchev–Trinajstić information content (AvgIpc) is 2.91. The van der Waals surface area contributed by atoms with E-state index in [1.807, 2.05) is 24.3 Å². The predicted molar refractivity (Wildman–Crippen MR) is 83.4 cm³/mol. The first-order valence-electron chi connectivity index (χ1n) is 8.03. The summed E-state index contributed by atoms with van der Waals surface area (Å²) in [7, 11) is 0. The number of carbonyl (C=O) groups is 1. The Morgan fingerprint density at radius 2 is 2.00 bits per heavy atom. The van der Waals surface area contributed by atoms with Crippen molar-refractivity contribution in [3.8, 4) is 5.69 Å². The minimum absolute atomic E-state index is 0.00997. The summed E-state index contributed by atoms with van der Waals surface area (Å²) in [5.41, 5.74) is 1.47. The summed E-state index contributed by atoms with van der Waals surface area (Å²) < 4.78 is 7.53. The number of aromatic amines is 1. The van der Waals surface area contributed by atoms with Crippen molar-refractivity contribution < 1.29 is 9.53 Å². The number of anilines is 1. The van der Waals surface area contributed by atoms with Gasteiger partial charge in [-0.1, -0.05) is 0 Å². The van der Waals surface area contributed by atoms with Crippen LogP contribution in [-0.4, -0.2) is 27.9 Å². The Bertz CT molecular complexity index is 822. The molecule has 0 spiro atoms. The van der Waals surface area contributed by atoms with Crippen molar-refractivity contribution in [3.63, 3.8) is 0 Å². The van der Waals surface area contributed by atoms with Crippen LogP contribution in [0.3, 0.4) is 0 Å². The van der Waals surface area contributed by atoms with E-state index in [2.05, 4.69) is 10.4 Å². The van der Waals surface area contributed by atoms with Crippen molar-refractivity contribution in [2.75, 3.05) is 5.32 Å². The number of hydrogen-bond acceptors (Lipinski definition) is 3. The number of carbonyl (C=O) groups excluding carboxylic acids is 1. The molecule has 5 rings (SSSR count). The molecule has 118 valence electrons. The standard InChI is InChI=1S/C17H17N3O3/c21-15-5-6-20(19-15)10-3-1-9(2-4-10)18-17(22)13-8-14-11-7-12(11)16(13)23-14/h1-6,11-14,16H,7-8H2,(H,18,22)(H,19,21)/t11-,12+,13-,14+,16+/m1/s1. The van der Waals surface area contributed by atoms with Gasteiger partial charge in [0.25, 0.3) is 5.56 Å². The molecule has 0 unspecified atom stereocenters. The fourth-order valence-corrected chi connectivity index (χ4v) is 4.14. The molecular formula is C17H17N3O3. The molecule has 3 heterocycles. The first kappa shape index (κ1) is 13.1. The van der Waals surface area contributed by atoms with Gasteiger partial charge in [-0.15, -0.1) is 0 Å². The van der Waals surface area contributed by atoms with E-state index in [4.69, 9.17) is 4.74 Å². The van der Waals surface area contributed by atoms with Gasteiger partial charge >= 0.3 is 0 Å². The molecule has 23 heavy (non-hydrogen) atoms. The Balaban J connectivity index is 1.29. The summed E-state index contributed by atoms with van der Waals surface area (Å²) in [6, 6.07) is 8.88. The maximum Gasteiger partial charge on any atom is 0.264 e. The van der Waals surface area contributed by atoms with Gasteiger partial charge in [0.2, 0.25) is 5.91 Å². The molecule has 3 fully saturated rings. The molecule has 1 aromatic carbocycles. The van der Waals surface area contributed by atoms with Crippen LogP contribution in [0.4, 0.5) is 5.69 Å². The average molecular weight is 311 g/mol. The van der Waals surface area contributed by atoms with Crippen LogP contribution in [-0.2, 0) is 9.53 Å². The number of nitrogens with one attached hydrogen (secondary N) is 2. The van der Waals surface area contributed by atoms with E-state index < -0.39 is 0 Å². The number of nitrogens with zero attached hydrogens (tertiary/aromatic N) is 1. The zero-order chi connectivity index (χ0) is 15.6. The van der Waals surface area contributed by atoms with Crippen molar-refractivity contribution in [3.05, 3.63) is 46.9 Å². The SMILES string of the molecule is O=C(Nc1ccc(-n2ccc(=O)[nH]2)cc1)[C@@H]1C[C@@H]2O[C@H]1[C@H]1C[C@H]12. The van der Waals surface area contributed by atoms with Crippen LogP contribution >= 0.6 is 0 Å². The highest BCUT2D eigenvalue weighted by Gasteiger charge is 2.64. The van der Waals surface area contributed by atoms with Crippen LogP contribution in [0.2, 0.25) is 0 Å². The maximum atomic E-state index is 12.5. The van der Waals surface area contributed by atoms with Crippen molar-refractivity contribution >= 4 is 11.6 Å². The first-order chi connectivity index (χ1) is 11.2. The Morgan fingerprint density at radius 1 is 1.17 bits per heavy atom. The summed E-state index contributed by atoms with van der Waals surface area (Å²) in [5, 5.41) is 5.67. The highest BCUT2D eigenvalue weighted by atomic mass is 16.5. The number of aromatic nitrogens is 2. The molecule has 1 amide bonds. The highest BCUT2D eigenvalue weighted by molar-refractivity contribution is 5.93. The molecule has 2 bridgehead atoms. The number of ether oxygens (including phenoxy) is 1. The minimum atomic E-state index is -0.142. The highest BCUT2D eigenvalue weighted by Crippen LogP contribution is 2.60. The number of benzene rings is 1. The van der Waals surface area contributed by atoms with Gasteiger partial charge in [-0.05, 0) is 48.9 Å². The van der Waals surface area contributed by atoms with Gasteiger partial charge in [0, 0.05) is 18.0 Å². The van der Waals surface area contributed by atoms with E-state index in [-0.39, 0.29) is 23.5 Å². The van der Waals surface area contributed by atoms with Crippen LogP contribution in [0.25, 0.3) is 5.69 Å². The fraction of sp³-hybridized carbons (Fsp3) is 0.412. The quantitative estimate of drug-likeness (QED) is 0.902. The van der Waals surface area contributed by atoms with Gasteiger partial charge in [0.1, 0.15) is 0 Å². The second kappa shape index (κ2) is 4.58. The van der Waals surface area contributed by atoms with Crippen molar-refractivity contribution in [2.24, 2.45) is 17.8 Å². The Kier molecular flexibility index (Phi) is 2.61. The van der Waals surface area contributed by atoms with E-state index in [1.165, 1.54) is 12.5 Å². The van der Waals surface area contributed by atoms with Crippen LogP contribution in [0, 0.1) is 17.8 Å². The van der Waals surface area contributed by atoms with Gasteiger partial charge in [-0.2, -0.15) is 0 Å². The zero-order valence-corrected chi connectivity index (χ0v) is 12.4. The Morgan fingerprint density at radius 3 is 2.65 bits per heavy atom. The lowest BCUT2D eigenvalue weighted by Crippen LogP contribution is -2.32. The molecule has 5 atom stereocenters. The number of amides is 1. The van der Waals surface area contributed by atoms with E-state index in [0.717, 1.165) is 23.7 Å². The maximum absolute atomic E-state index is 12.5. The second-order valence-corrected chi connectivity index (χ2v) is 6.74. The van der Waals surface area contributed by atoms with Crippen molar-refractivity contribution in [1.82, 2.24) is 9.78 Å². The molecule has 1 aliphatic carbocycles. The number of hydrogen-bond donors (Lipinski definition) is 2. The molecule has 1 aromatic heterocycles. The lowest BCUT2D eigenvalue weighted by molar-refractivity contribution is -0.121. The fourth-order valence-electron chi connectivity index (χ4n) is 4.14. The summed E-state index contributed by atoms with van der Waals surface area (Å²) in [6.07, 6.45) is 4.22. The summed E-state index contributed by atoms with van der Waals surface area (Å²) >= 11 is 0. The monoisotopic (exact) mass is 311 g/mol. The number of rotatable bonds is 3. The van der Waals surface area contributed by atoms with Gasteiger partial charge in [0.05, 0.1) is 23.8 Å². The summed E-state index contributed by atoms with van der Waals surface area (Å²) in [4.78, 5) is 23.7. The van der Waals surface area contributed by atoms with Crippen molar-refractivity contribution in [1.29, 1.82) is 0 Å². The number of H-pyrrole nitrogens is 1. The largest absolute Gasteiger partial charge is 0.374 e. The molecule has 0 radical (unpaired) electrons. The predicted octanol–water partition coefficient (Wildman–Crippen LogP) is 1.53. The van der Waals surface area contributed by atoms with Crippen molar-refractivity contribution in [2.45, 2.75) is 25.0 Å². The third kappa shape index (κ3) is 2.05. The van der Waals surface area contributed by atoms with Gasteiger partial charge < -0.3 is 10.1 Å². The van der Waals surface area contributed by atoms with Crippen LogP contribution in [0.1, 0.15) is 12.8 Å². The molecule has 3 aliphatic rings. The van der Waals surface area contributed by atoms with Crippen LogP contribution < -0.4 is 10.9 Å². The molecule has 6 heteroatoms. The lowest BCUT2D eigenvalue weighted by atomic mass is 9.88. The van der Waals surface area contributed by atoms with E-state index in [1.54, 1.807) is 10.9 Å². The Hall–Kier alpha value is -2.34. The zero-order valence-electron chi connectivity index (χ0n) is 12.4. The number of fused-ring (bicyclic) bond motifs is 5. The third-order valence-electron chi connectivity index (χ3n) is 5.36. The molecule has 2 aliphatic heterocycles. The van der Waals surface area contributed by atoms with Gasteiger partial charge in [-0.3, -0.25) is 19.4 Å². The molecule has 2 saturated heterocycles. The van der Waals surface area contributed by atoms with Gasteiger partial charge in [-0.25, -0.2) is 0 Å². The molecule has 2 aromatic rings. The molecular weight excluding hydrogens is 294 g/mol. The smallest absolute Gasteiger partial charge is 0.264 e. The van der Waals surface area contributed by atoms with E-state index in [0.29, 0.717) is 12.0 Å². The van der Waals surface area contributed by atoms with Crippen LogP contribution in [0.5, 0.6) is 0 Å². The Labute approximate surface area is 132 Å². The summed E-state index contributed by atoms with van der Waals surface area (Å²) in [5.74, 6) is 1.40. The van der Waals surface area contributed by atoms with E-state index in [9.17, 15) is 9.59 Å². The second-order valence-electron chi connectivity index (χ2n) is 6.74. The van der Waals surface area contributed by atoms with Crippen LogP contribution in [0.15, 0.2) is 41.3 Å². The summed E-state index contributed by atoms with van der Waals surface area (Å²) in [6.45, 7) is 0. The normalized spacial score (nSPS) is 33.5. The topological polar surface area (TPSA) is 76.1 Å². The van der Waals surface area contributed by atoms with E-state index >= 15 is 0 Å². The minimum Gasteiger partial charge on any atom is -0.374 e.